The number of benzene rings is 1. The fourth-order valence-corrected chi connectivity index (χ4v) is 1.54. The number of ether oxygens (including phenoxy) is 1. The largest absolute Gasteiger partial charge is 0.484 e. The fourth-order valence-electron chi connectivity index (χ4n) is 1.54. The summed E-state index contributed by atoms with van der Waals surface area (Å²) in [6, 6.07) is 6.14. The summed E-state index contributed by atoms with van der Waals surface area (Å²) in [6.07, 6.45) is -3.96. The van der Waals surface area contributed by atoms with Gasteiger partial charge in [-0.3, -0.25) is 4.79 Å². The molecule has 0 aliphatic carbocycles. The highest BCUT2D eigenvalue weighted by atomic mass is 19.4. The Labute approximate surface area is 121 Å². The number of amides is 1. The van der Waals surface area contributed by atoms with Crippen LogP contribution in [0.2, 0.25) is 0 Å². The van der Waals surface area contributed by atoms with Gasteiger partial charge in [-0.1, -0.05) is 19.1 Å². The number of alkyl halides is 3. The van der Waals surface area contributed by atoms with E-state index in [2.05, 4.69) is 15.4 Å². The molecule has 0 aliphatic heterocycles. The molecular formula is C14H19F3N2O2. The maximum atomic E-state index is 12.0. The van der Waals surface area contributed by atoms with Crippen LogP contribution in [0, 0.1) is 0 Å². The molecule has 0 bridgehead atoms. The third kappa shape index (κ3) is 8.19. The molecule has 0 atom stereocenters. The van der Waals surface area contributed by atoms with Crippen molar-refractivity contribution in [3.05, 3.63) is 29.8 Å². The molecule has 1 rings (SSSR count). The first kappa shape index (κ1) is 17.3. The zero-order valence-corrected chi connectivity index (χ0v) is 11.8. The predicted molar refractivity (Wildman–Crippen MR) is 73.0 cm³/mol. The van der Waals surface area contributed by atoms with Crippen molar-refractivity contribution >= 4 is 5.91 Å². The van der Waals surface area contributed by atoms with Crippen molar-refractivity contribution in [3.63, 3.8) is 0 Å². The summed E-state index contributed by atoms with van der Waals surface area (Å²) in [5.41, 5.74) is 0.797. The molecule has 0 heterocycles. The first-order chi connectivity index (χ1) is 9.90. The first-order valence-electron chi connectivity index (χ1n) is 6.66. The van der Waals surface area contributed by atoms with Gasteiger partial charge < -0.3 is 15.4 Å². The highest BCUT2D eigenvalue weighted by Crippen LogP contribution is 2.18. The Kier molecular flexibility index (Phi) is 7.01. The van der Waals surface area contributed by atoms with Crippen LogP contribution >= 0.6 is 0 Å². The van der Waals surface area contributed by atoms with Gasteiger partial charge in [-0.15, -0.1) is 0 Å². The third-order valence-corrected chi connectivity index (χ3v) is 2.59. The summed E-state index contributed by atoms with van der Waals surface area (Å²) in [7, 11) is 0. The Hall–Kier alpha value is -1.76. The number of nitrogens with one attached hydrogen (secondary N) is 2. The molecule has 0 aromatic heterocycles. The van der Waals surface area contributed by atoms with Gasteiger partial charge in [-0.05, 0) is 24.2 Å². The van der Waals surface area contributed by atoms with Crippen LogP contribution in [0.15, 0.2) is 24.3 Å². The summed E-state index contributed by atoms with van der Waals surface area (Å²) < 4.78 is 40.5. The van der Waals surface area contributed by atoms with Crippen molar-refractivity contribution in [2.24, 2.45) is 0 Å². The molecule has 0 unspecified atom stereocenters. The summed E-state index contributed by atoms with van der Waals surface area (Å²) in [5.74, 6) is 0.0721. The minimum absolute atomic E-state index is 0.0756. The monoisotopic (exact) mass is 304 g/mol. The van der Waals surface area contributed by atoms with Crippen molar-refractivity contribution in [3.8, 4) is 5.75 Å². The van der Waals surface area contributed by atoms with E-state index in [9.17, 15) is 18.0 Å². The topological polar surface area (TPSA) is 50.4 Å². The van der Waals surface area contributed by atoms with Crippen molar-refractivity contribution in [1.29, 1.82) is 0 Å². The average Bonchev–Trinajstić information content (AvgIpc) is 2.43. The molecule has 0 radical (unpaired) electrons. The average molecular weight is 304 g/mol. The molecule has 21 heavy (non-hydrogen) atoms. The van der Waals surface area contributed by atoms with Gasteiger partial charge >= 0.3 is 6.18 Å². The summed E-state index contributed by atoms with van der Waals surface area (Å²) in [6.45, 7) is 2.41. The van der Waals surface area contributed by atoms with E-state index in [1.54, 1.807) is 12.1 Å². The third-order valence-electron chi connectivity index (χ3n) is 2.59. The lowest BCUT2D eigenvalue weighted by Crippen LogP contribution is -2.27. The SMILES string of the molecule is CCNCCC(=O)NCc1ccc(OCC(F)(F)F)cc1. The van der Waals surface area contributed by atoms with Crippen molar-refractivity contribution < 1.29 is 22.7 Å². The standard InChI is InChI=1S/C14H19F3N2O2/c1-2-18-8-7-13(20)19-9-11-3-5-12(6-4-11)21-10-14(15,16)17/h3-6,18H,2,7-10H2,1H3,(H,19,20). The Morgan fingerprint density at radius 3 is 2.48 bits per heavy atom. The van der Waals surface area contributed by atoms with Crippen LogP contribution in [-0.2, 0) is 11.3 Å². The number of carbonyl (C=O) groups is 1. The zero-order chi connectivity index (χ0) is 15.7. The molecule has 0 fully saturated rings. The van der Waals surface area contributed by atoms with Gasteiger partial charge in [0.25, 0.3) is 0 Å². The molecule has 0 saturated heterocycles. The molecule has 1 aromatic carbocycles. The van der Waals surface area contributed by atoms with Crippen LogP contribution in [0.4, 0.5) is 13.2 Å². The number of rotatable bonds is 8. The van der Waals surface area contributed by atoms with Gasteiger partial charge in [0.05, 0.1) is 0 Å². The van der Waals surface area contributed by atoms with E-state index < -0.39 is 12.8 Å². The summed E-state index contributed by atoms with van der Waals surface area (Å²) in [5, 5.41) is 5.78. The van der Waals surface area contributed by atoms with Crippen molar-refractivity contribution in [2.45, 2.75) is 26.1 Å². The smallest absolute Gasteiger partial charge is 0.422 e. The minimum atomic E-state index is -4.35. The molecule has 0 saturated carbocycles. The molecule has 118 valence electrons. The molecule has 0 spiro atoms. The molecule has 4 nitrogen and oxygen atoms in total. The normalized spacial score (nSPS) is 11.2. The quantitative estimate of drug-likeness (QED) is 0.724. The zero-order valence-electron chi connectivity index (χ0n) is 11.8. The number of carbonyl (C=O) groups excluding carboxylic acids is 1. The highest BCUT2D eigenvalue weighted by Gasteiger charge is 2.28. The van der Waals surface area contributed by atoms with Gasteiger partial charge in [-0.2, -0.15) is 13.2 Å². The van der Waals surface area contributed by atoms with Gasteiger partial charge in [-0.25, -0.2) is 0 Å². The maximum absolute atomic E-state index is 12.0. The van der Waals surface area contributed by atoms with E-state index in [0.29, 0.717) is 19.5 Å². The maximum Gasteiger partial charge on any atom is 0.422 e. The highest BCUT2D eigenvalue weighted by molar-refractivity contribution is 5.76. The molecule has 0 aliphatic rings. The lowest BCUT2D eigenvalue weighted by molar-refractivity contribution is -0.153. The van der Waals surface area contributed by atoms with Crippen LogP contribution < -0.4 is 15.4 Å². The van der Waals surface area contributed by atoms with Gasteiger partial charge in [0.2, 0.25) is 5.91 Å². The predicted octanol–water partition coefficient (Wildman–Crippen LogP) is 2.24. The van der Waals surface area contributed by atoms with Crippen molar-refractivity contribution in [2.75, 3.05) is 19.7 Å². The molecule has 1 amide bonds. The minimum Gasteiger partial charge on any atom is -0.484 e. The second-order valence-corrected chi connectivity index (χ2v) is 4.43. The van der Waals surface area contributed by atoms with Crippen LogP contribution in [0.3, 0.4) is 0 Å². The van der Waals surface area contributed by atoms with Gasteiger partial charge in [0.15, 0.2) is 6.61 Å². The molecule has 7 heteroatoms. The molecule has 1 aromatic rings. The van der Waals surface area contributed by atoms with E-state index in [-0.39, 0.29) is 11.7 Å². The Bertz CT molecular complexity index is 433. The van der Waals surface area contributed by atoms with E-state index in [1.165, 1.54) is 12.1 Å². The Morgan fingerprint density at radius 1 is 1.24 bits per heavy atom. The van der Waals surface area contributed by atoms with Crippen molar-refractivity contribution in [1.82, 2.24) is 10.6 Å². The lowest BCUT2D eigenvalue weighted by atomic mass is 10.2. The van der Waals surface area contributed by atoms with Gasteiger partial charge in [0.1, 0.15) is 5.75 Å². The van der Waals surface area contributed by atoms with Crippen LogP contribution in [0.25, 0.3) is 0 Å². The fraction of sp³-hybridized carbons (Fsp3) is 0.500. The van der Waals surface area contributed by atoms with Crippen LogP contribution in [-0.4, -0.2) is 31.8 Å². The van der Waals surface area contributed by atoms with E-state index in [0.717, 1.165) is 12.1 Å². The number of hydrogen-bond acceptors (Lipinski definition) is 3. The molecule has 2 N–H and O–H groups in total. The summed E-state index contributed by atoms with van der Waals surface area (Å²) >= 11 is 0. The second kappa shape index (κ2) is 8.51. The van der Waals surface area contributed by atoms with E-state index >= 15 is 0 Å². The van der Waals surface area contributed by atoms with Crippen LogP contribution in [0.1, 0.15) is 18.9 Å². The first-order valence-corrected chi connectivity index (χ1v) is 6.66. The Morgan fingerprint density at radius 2 is 1.90 bits per heavy atom. The lowest BCUT2D eigenvalue weighted by Gasteiger charge is -2.10. The number of hydrogen-bond donors (Lipinski definition) is 2. The Balaban J connectivity index is 2.32. The second-order valence-electron chi connectivity index (χ2n) is 4.43. The van der Waals surface area contributed by atoms with Gasteiger partial charge in [0, 0.05) is 19.5 Å². The molecular weight excluding hydrogens is 285 g/mol. The van der Waals surface area contributed by atoms with E-state index in [1.807, 2.05) is 6.92 Å². The number of halogens is 3. The van der Waals surface area contributed by atoms with Crippen LogP contribution in [0.5, 0.6) is 5.75 Å². The summed E-state index contributed by atoms with van der Waals surface area (Å²) in [4.78, 5) is 11.5. The van der Waals surface area contributed by atoms with E-state index in [4.69, 9.17) is 0 Å².